The zero-order valence-corrected chi connectivity index (χ0v) is 13.3. The van der Waals surface area contributed by atoms with Crippen molar-refractivity contribution in [3.05, 3.63) is 29.3 Å². The molecule has 2 atom stereocenters. The molecule has 0 saturated carbocycles. The van der Waals surface area contributed by atoms with Crippen molar-refractivity contribution in [2.45, 2.75) is 34.1 Å². The standard InChI is InChI=1S/C17H24N2O2/c1-11-5-12(2)8-15(7-11)18-16(20)17(21)19-9-13(3)6-14(4)10-19/h5,7-8,13-14H,6,9-10H2,1-4H3,(H,18,20). The Morgan fingerprint density at radius 1 is 1.05 bits per heavy atom. The van der Waals surface area contributed by atoms with E-state index in [1.807, 2.05) is 32.0 Å². The topological polar surface area (TPSA) is 49.4 Å². The van der Waals surface area contributed by atoms with Gasteiger partial charge in [0.25, 0.3) is 0 Å². The van der Waals surface area contributed by atoms with Gasteiger partial charge in [0.1, 0.15) is 0 Å². The van der Waals surface area contributed by atoms with Crippen LogP contribution in [0.3, 0.4) is 0 Å². The van der Waals surface area contributed by atoms with Crippen molar-refractivity contribution in [3.63, 3.8) is 0 Å². The van der Waals surface area contributed by atoms with Gasteiger partial charge in [-0.3, -0.25) is 9.59 Å². The van der Waals surface area contributed by atoms with Crippen LogP contribution in [0.25, 0.3) is 0 Å². The Labute approximate surface area is 126 Å². The number of anilines is 1. The lowest BCUT2D eigenvalue weighted by molar-refractivity contribution is -0.144. The summed E-state index contributed by atoms with van der Waals surface area (Å²) < 4.78 is 0. The molecular weight excluding hydrogens is 264 g/mol. The molecule has 0 radical (unpaired) electrons. The summed E-state index contributed by atoms with van der Waals surface area (Å²) in [6.45, 7) is 9.53. The number of benzene rings is 1. The molecule has 2 rings (SSSR count). The lowest BCUT2D eigenvalue weighted by Crippen LogP contribution is -2.47. The van der Waals surface area contributed by atoms with Crippen molar-refractivity contribution >= 4 is 17.5 Å². The molecule has 4 heteroatoms. The van der Waals surface area contributed by atoms with E-state index in [0.717, 1.165) is 17.5 Å². The van der Waals surface area contributed by atoms with Gasteiger partial charge in [-0.2, -0.15) is 0 Å². The van der Waals surface area contributed by atoms with E-state index in [1.165, 1.54) is 0 Å². The van der Waals surface area contributed by atoms with E-state index < -0.39 is 11.8 Å². The van der Waals surface area contributed by atoms with E-state index in [2.05, 4.69) is 19.2 Å². The molecular formula is C17H24N2O2. The molecule has 1 aliphatic heterocycles. The number of nitrogens with one attached hydrogen (secondary N) is 1. The minimum absolute atomic E-state index is 0.424. The van der Waals surface area contributed by atoms with Crippen LogP contribution in [0.5, 0.6) is 0 Å². The molecule has 0 aromatic heterocycles. The fourth-order valence-corrected chi connectivity index (χ4v) is 3.20. The van der Waals surface area contributed by atoms with Crippen molar-refractivity contribution in [2.24, 2.45) is 11.8 Å². The molecule has 2 unspecified atom stereocenters. The van der Waals surface area contributed by atoms with Crippen LogP contribution in [0, 0.1) is 25.7 Å². The number of hydrogen-bond donors (Lipinski definition) is 1. The van der Waals surface area contributed by atoms with Crippen LogP contribution >= 0.6 is 0 Å². The number of carbonyl (C=O) groups is 2. The first-order chi connectivity index (χ1) is 9.85. The Kier molecular flexibility index (Phi) is 4.66. The highest BCUT2D eigenvalue weighted by molar-refractivity contribution is 6.39. The minimum Gasteiger partial charge on any atom is -0.334 e. The first-order valence-electron chi connectivity index (χ1n) is 7.53. The molecule has 1 saturated heterocycles. The van der Waals surface area contributed by atoms with Crippen LogP contribution in [0.2, 0.25) is 0 Å². The van der Waals surface area contributed by atoms with Gasteiger partial charge in [0.2, 0.25) is 0 Å². The number of carbonyl (C=O) groups excluding carboxylic acids is 2. The molecule has 1 aliphatic rings. The average Bonchev–Trinajstić information content (AvgIpc) is 2.35. The Morgan fingerprint density at radius 2 is 1.57 bits per heavy atom. The Bertz CT molecular complexity index is 523. The normalized spacial score (nSPS) is 22.0. The smallest absolute Gasteiger partial charge is 0.313 e. The summed E-state index contributed by atoms with van der Waals surface area (Å²) in [5.74, 6) is -0.0627. The predicted molar refractivity (Wildman–Crippen MR) is 84.1 cm³/mol. The van der Waals surface area contributed by atoms with Gasteiger partial charge in [0.05, 0.1) is 0 Å². The first-order valence-corrected chi connectivity index (χ1v) is 7.53. The van der Waals surface area contributed by atoms with Crippen LogP contribution in [-0.2, 0) is 9.59 Å². The number of hydrogen-bond acceptors (Lipinski definition) is 2. The van der Waals surface area contributed by atoms with E-state index in [1.54, 1.807) is 4.90 Å². The zero-order valence-electron chi connectivity index (χ0n) is 13.3. The number of piperidine rings is 1. The van der Waals surface area contributed by atoms with Gasteiger partial charge < -0.3 is 10.2 Å². The Balaban J connectivity index is 2.04. The summed E-state index contributed by atoms with van der Waals surface area (Å²) in [4.78, 5) is 26.1. The molecule has 1 fully saturated rings. The minimum atomic E-state index is -0.540. The van der Waals surface area contributed by atoms with Gasteiger partial charge in [-0.05, 0) is 55.4 Å². The molecule has 2 amide bonds. The van der Waals surface area contributed by atoms with E-state index in [9.17, 15) is 9.59 Å². The summed E-state index contributed by atoms with van der Waals surface area (Å²) in [6.07, 6.45) is 1.11. The van der Waals surface area contributed by atoms with Gasteiger partial charge >= 0.3 is 11.8 Å². The van der Waals surface area contributed by atoms with Gasteiger partial charge in [0.15, 0.2) is 0 Å². The molecule has 1 heterocycles. The number of amides is 2. The number of nitrogens with zero attached hydrogens (tertiary/aromatic N) is 1. The maximum Gasteiger partial charge on any atom is 0.313 e. The molecule has 1 N–H and O–H groups in total. The third-order valence-electron chi connectivity index (χ3n) is 3.83. The molecule has 21 heavy (non-hydrogen) atoms. The van der Waals surface area contributed by atoms with E-state index in [0.29, 0.717) is 30.6 Å². The van der Waals surface area contributed by atoms with Crippen molar-refractivity contribution < 1.29 is 9.59 Å². The van der Waals surface area contributed by atoms with Crippen LogP contribution in [0.15, 0.2) is 18.2 Å². The number of rotatable bonds is 1. The highest BCUT2D eigenvalue weighted by Gasteiger charge is 2.29. The Morgan fingerprint density at radius 3 is 2.10 bits per heavy atom. The lowest BCUT2D eigenvalue weighted by atomic mass is 9.92. The third-order valence-corrected chi connectivity index (χ3v) is 3.83. The molecule has 114 valence electrons. The summed E-state index contributed by atoms with van der Waals surface area (Å²) in [6, 6.07) is 5.78. The second-order valence-electron chi connectivity index (χ2n) is 6.49. The van der Waals surface area contributed by atoms with Gasteiger partial charge in [0, 0.05) is 18.8 Å². The highest BCUT2D eigenvalue weighted by Crippen LogP contribution is 2.21. The second-order valence-corrected chi connectivity index (χ2v) is 6.49. The highest BCUT2D eigenvalue weighted by atomic mass is 16.2. The summed E-state index contributed by atoms with van der Waals surface area (Å²) in [5, 5.41) is 2.72. The summed E-state index contributed by atoms with van der Waals surface area (Å²) in [7, 11) is 0. The third kappa shape index (κ3) is 4.06. The molecule has 0 spiro atoms. The quantitative estimate of drug-likeness (QED) is 0.808. The second kappa shape index (κ2) is 6.29. The molecule has 0 aliphatic carbocycles. The fraction of sp³-hybridized carbons (Fsp3) is 0.529. The van der Waals surface area contributed by atoms with Gasteiger partial charge in [-0.15, -0.1) is 0 Å². The first kappa shape index (κ1) is 15.5. The molecule has 0 bridgehead atoms. The molecule has 4 nitrogen and oxygen atoms in total. The number of aryl methyl sites for hydroxylation is 2. The summed E-state index contributed by atoms with van der Waals surface area (Å²) >= 11 is 0. The van der Waals surface area contributed by atoms with Crippen LogP contribution in [-0.4, -0.2) is 29.8 Å². The van der Waals surface area contributed by atoms with Crippen LogP contribution < -0.4 is 5.32 Å². The monoisotopic (exact) mass is 288 g/mol. The lowest BCUT2D eigenvalue weighted by Gasteiger charge is -2.34. The van der Waals surface area contributed by atoms with Crippen molar-refractivity contribution in [1.29, 1.82) is 0 Å². The van der Waals surface area contributed by atoms with Crippen molar-refractivity contribution in [3.8, 4) is 0 Å². The maximum absolute atomic E-state index is 12.3. The molecule has 1 aromatic rings. The average molecular weight is 288 g/mol. The fourth-order valence-electron chi connectivity index (χ4n) is 3.20. The largest absolute Gasteiger partial charge is 0.334 e. The van der Waals surface area contributed by atoms with Crippen LogP contribution in [0.1, 0.15) is 31.4 Å². The van der Waals surface area contributed by atoms with Crippen LogP contribution in [0.4, 0.5) is 5.69 Å². The predicted octanol–water partition coefficient (Wildman–Crippen LogP) is 2.75. The maximum atomic E-state index is 12.3. The van der Waals surface area contributed by atoms with Gasteiger partial charge in [-0.25, -0.2) is 0 Å². The van der Waals surface area contributed by atoms with Gasteiger partial charge in [-0.1, -0.05) is 19.9 Å². The zero-order chi connectivity index (χ0) is 15.6. The number of likely N-dealkylation sites (tertiary alicyclic amines) is 1. The van der Waals surface area contributed by atoms with E-state index >= 15 is 0 Å². The van der Waals surface area contributed by atoms with E-state index in [-0.39, 0.29) is 0 Å². The van der Waals surface area contributed by atoms with Crippen molar-refractivity contribution in [2.75, 3.05) is 18.4 Å². The van der Waals surface area contributed by atoms with E-state index in [4.69, 9.17) is 0 Å². The Hall–Kier alpha value is -1.84. The SMILES string of the molecule is Cc1cc(C)cc(NC(=O)C(=O)N2CC(C)CC(C)C2)c1. The summed E-state index contributed by atoms with van der Waals surface area (Å²) in [5.41, 5.74) is 2.82. The van der Waals surface area contributed by atoms with Crippen molar-refractivity contribution in [1.82, 2.24) is 4.90 Å². The molecule has 1 aromatic carbocycles.